The molecule has 2 aliphatic rings. The lowest BCUT2D eigenvalue weighted by molar-refractivity contribution is -0.142. The molecule has 2 aromatic rings. The quantitative estimate of drug-likeness (QED) is 0.351. The first-order valence-corrected chi connectivity index (χ1v) is 15.9. The van der Waals surface area contributed by atoms with E-state index in [0.29, 0.717) is 44.3 Å². The molecule has 228 valence electrons. The van der Waals surface area contributed by atoms with E-state index in [9.17, 15) is 18.0 Å². The van der Waals surface area contributed by atoms with Crippen LogP contribution in [0.15, 0.2) is 65.1 Å². The molecule has 1 N–H and O–H groups in total. The van der Waals surface area contributed by atoms with Crippen molar-refractivity contribution in [2.75, 3.05) is 46.6 Å². The van der Waals surface area contributed by atoms with E-state index in [4.69, 9.17) is 14.2 Å². The molecule has 1 heterocycles. The Balaban J connectivity index is 1.39. The van der Waals surface area contributed by atoms with Crippen LogP contribution in [0.2, 0.25) is 0 Å². The Morgan fingerprint density at radius 1 is 1.02 bits per heavy atom. The summed E-state index contributed by atoms with van der Waals surface area (Å²) in [6, 6.07) is 12.6. The summed E-state index contributed by atoms with van der Waals surface area (Å²) in [5.74, 6) is 0.452. The summed E-state index contributed by atoms with van der Waals surface area (Å²) in [5, 5.41) is 2.99. The predicted molar refractivity (Wildman–Crippen MR) is 159 cm³/mol. The van der Waals surface area contributed by atoms with Gasteiger partial charge in [-0.05, 0) is 81.0 Å². The number of methoxy groups -OCH3 is 1. The zero-order valence-corrected chi connectivity index (χ0v) is 25.2. The number of ether oxygens (including phenoxy) is 3. The molecule has 42 heavy (non-hydrogen) atoms. The van der Waals surface area contributed by atoms with Crippen molar-refractivity contribution in [1.82, 2.24) is 14.5 Å². The summed E-state index contributed by atoms with van der Waals surface area (Å²) in [6.45, 7) is 3.48. The number of hydrogen-bond acceptors (Lipinski definition) is 7. The van der Waals surface area contributed by atoms with Crippen molar-refractivity contribution in [1.29, 1.82) is 0 Å². The largest absolute Gasteiger partial charge is 0.497 e. The van der Waals surface area contributed by atoms with Gasteiger partial charge in [-0.15, -0.1) is 0 Å². The second-order valence-corrected chi connectivity index (χ2v) is 12.4. The van der Waals surface area contributed by atoms with Crippen LogP contribution in [0.3, 0.4) is 0 Å². The van der Waals surface area contributed by atoms with Gasteiger partial charge >= 0.3 is 0 Å². The van der Waals surface area contributed by atoms with Crippen molar-refractivity contribution < 1.29 is 32.2 Å². The van der Waals surface area contributed by atoms with Crippen LogP contribution < -0.4 is 14.8 Å². The van der Waals surface area contributed by atoms with Crippen LogP contribution in [0.1, 0.15) is 44.6 Å². The van der Waals surface area contributed by atoms with Gasteiger partial charge in [0.25, 0.3) is 5.91 Å². The fraction of sp³-hybridized carbons (Fsp3) is 0.484. The highest BCUT2D eigenvalue weighted by atomic mass is 32.2. The second kappa shape index (κ2) is 15.2. The van der Waals surface area contributed by atoms with Crippen LogP contribution in [-0.2, 0) is 30.9 Å². The molecule has 2 aromatic carbocycles. The predicted octanol–water partition coefficient (Wildman–Crippen LogP) is 3.52. The van der Waals surface area contributed by atoms with Gasteiger partial charge in [0.1, 0.15) is 17.5 Å². The monoisotopic (exact) mass is 599 g/mol. The van der Waals surface area contributed by atoms with E-state index in [1.54, 1.807) is 14.0 Å². The van der Waals surface area contributed by atoms with E-state index in [0.717, 1.165) is 24.8 Å². The van der Waals surface area contributed by atoms with E-state index in [1.165, 1.54) is 51.9 Å². The number of sulfonamides is 1. The molecule has 0 aromatic heterocycles. The highest BCUT2D eigenvalue weighted by Gasteiger charge is 2.28. The fourth-order valence-corrected chi connectivity index (χ4v) is 6.42. The van der Waals surface area contributed by atoms with Gasteiger partial charge < -0.3 is 24.4 Å². The zero-order chi connectivity index (χ0) is 30.0. The molecule has 2 amide bonds. The van der Waals surface area contributed by atoms with Crippen molar-refractivity contribution >= 4 is 21.8 Å². The number of benzene rings is 2. The summed E-state index contributed by atoms with van der Waals surface area (Å²) in [6.07, 6.45) is 7.65. The Labute approximate surface area is 248 Å². The molecule has 0 bridgehead atoms. The molecule has 1 aliphatic heterocycles. The summed E-state index contributed by atoms with van der Waals surface area (Å²) >= 11 is 0. The minimum atomic E-state index is -3.63. The molecular formula is C31H41N3O7S. The van der Waals surface area contributed by atoms with Crippen LogP contribution in [0.5, 0.6) is 11.5 Å². The molecule has 10 nitrogen and oxygen atoms in total. The van der Waals surface area contributed by atoms with Crippen molar-refractivity contribution in [3.63, 3.8) is 0 Å². The maximum atomic E-state index is 13.4. The van der Waals surface area contributed by atoms with Gasteiger partial charge in [-0.1, -0.05) is 23.8 Å². The minimum absolute atomic E-state index is 0.151. The van der Waals surface area contributed by atoms with E-state index < -0.39 is 16.1 Å². The first kappa shape index (κ1) is 31.5. The van der Waals surface area contributed by atoms with Crippen molar-refractivity contribution in [3.8, 4) is 11.5 Å². The number of carbonyl (C=O) groups excluding carboxylic acids is 2. The highest BCUT2D eigenvalue weighted by molar-refractivity contribution is 7.89. The lowest BCUT2D eigenvalue weighted by atomic mass is 9.97. The fourth-order valence-electron chi connectivity index (χ4n) is 5.01. The molecule has 1 aliphatic carbocycles. The molecule has 0 unspecified atom stereocenters. The molecule has 1 atom stereocenters. The molecule has 0 radical (unpaired) electrons. The second-order valence-electron chi connectivity index (χ2n) is 10.5. The summed E-state index contributed by atoms with van der Waals surface area (Å²) < 4.78 is 43.4. The number of rotatable bonds is 13. The number of nitrogens with one attached hydrogen (secondary N) is 1. The lowest BCUT2D eigenvalue weighted by Crippen LogP contribution is -2.49. The standard InChI is InChI=1S/C31H41N3O7S/c1-24(31(36)32-17-16-25-6-4-3-5-7-25)34(22-26-8-10-27(39-2)11-9-26)30(35)23-41-28-12-14-29(15-13-28)42(37,38)33-18-20-40-21-19-33/h6,8-15,24H,3-5,7,16-23H2,1-2H3,(H,32,36)/t24-/m1/s1. The number of carbonyl (C=O) groups is 2. The van der Waals surface area contributed by atoms with Gasteiger partial charge in [0, 0.05) is 26.2 Å². The average Bonchev–Trinajstić information content (AvgIpc) is 3.03. The molecule has 0 spiro atoms. The highest BCUT2D eigenvalue weighted by Crippen LogP contribution is 2.22. The summed E-state index contributed by atoms with van der Waals surface area (Å²) in [7, 11) is -2.05. The third-order valence-electron chi connectivity index (χ3n) is 7.60. The maximum absolute atomic E-state index is 13.4. The normalized spacial score (nSPS) is 16.7. The van der Waals surface area contributed by atoms with Crippen LogP contribution >= 0.6 is 0 Å². The topological polar surface area (TPSA) is 114 Å². The van der Waals surface area contributed by atoms with Crippen LogP contribution in [0, 0.1) is 0 Å². The van der Waals surface area contributed by atoms with Crippen molar-refractivity contribution in [2.24, 2.45) is 0 Å². The number of nitrogens with zero attached hydrogens (tertiary/aromatic N) is 2. The molecule has 0 saturated carbocycles. The Hall–Kier alpha value is -3.41. The van der Waals surface area contributed by atoms with Gasteiger partial charge in [0.2, 0.25) is 15.9 Å². The number of amides is 2. The van der Waals surface area contributed by atoms with E-state index >= 15 is 0 Å². The Bertz CT molecular complexity index is 1320. The minimum Gasteiger partial charge on any atom is -0.497 e. The smallest absolute Gasteiger partial charge is 0.261 e. The van der Waals surface area contributed by atoms with Gasteiger partial charge in [-0.2, -0.15) is 4.31 Å². The third-order valence-corrected chi connectivity index (χ3v) is 9.52. The SMILES string of the molecule is COc1ccc(CN(C(=O)COc2ccc(S(=O)(=O)N3CCOCC3)cc2)[C@H](C)C(=O)NCCC2=CCCCC2)cc1. The molecular weight excluding hydrogens is 558 g/mol. The molecule has 11 heteroatoms. The van der Waals surface area contributed by atoms with Crippen LogP contribution in [-0.4, -0.2) is 82.0 Å². The Morgan fingerprint density at radius 3 is 2.36 bits per heavy atom. The van der Waals surface area contributed by atoms with Gasteiger partial charge in [-0.25, -0.2) is 8.42 Å². The number of allylic oxidation sites excluding steroid dienone is 1. The Morgan fingerprint density at radius 2 is 1.71 bits per heavy atom. The van der Waals surface area contributed by atoms with E-state index in [2.05, 4.69) is 11.4 Å². The van der Waals surface area contributed by atoms with Gasteiger partial charge in [0.05, 0.1) is 25.2 Å². The third kappa shape index (κ3) is 8.56. The van der Waals surface area contributed by atoms with Crippen molar-refractivity contribution in [2.45, 2.75) is 56.5 Å². The molecule has 1 fully saturated rings. The molecule has 4 rings (SSSR count). The number of hydrogen-bond donors (Lipinski definition) is 1. The lowest BCUT2D eigenvalue weighted by Gasteiger charge is -2.29. The number of morpholine rings is 1. The van der Waals surface area contributed by atoms with Gasteiger partial charge in [0.15, 0.2) is 6.61 Å². The van der Waals surface area contributed by atoms with Crippen LogP contribution in [0.25, 0.3) is 0 Å². The van der Waals surface area contributed by atoms with E-state index in [1.807, 2.05) is 24.3 Å². The molecule has 1 saturated heterocycles. The van der Waals surface area contributed by atoms with Crippen LogP contribution in [0.4, 0.5) is 0 Å². The summed E-state index contributed by atoms with van der Waals surface area (Å²) in [4.78, 5) is 28.2. The first-order valence-electron chi connectivity index (χ1n) is 14.5. The van der Waals surface area contributed by atoms with Gasteiger partial charge in [-0.3, -0.25) is 9.59 Å². The summed E-state index contributed by atoms with van der Waals surface area (Å²) in [5.41, 5.74) is 2.21. The maximum Gasteiger partial charge on any atom is 0.261 e. The average molecular weight is 600 g/mol. The first-order chi connectivity index (χ1) is 20.3. The Kier molecular flexibility index (Phi) is 11.4. The van der Waals surface area contributed by atoms with Crippen molar-refractivity contribution in [3.05, 3.63) is 65.7 Å². The van der Waals surface area contributed by atoms with E-state index in [-0.39, 0.29) is 29.9 Å². The zero-order valence-electron chi connectivity index (χ0n) is 24.4.